The second-order valence-corrected chi connectivity index (χ2v) is 10.5. The van der Waals surface area contributed by atoms with Crippen molar-refractivity contribution in [2.75, 3.05) is 20.8 Å². The molecule has 0 aliphatic rings. The van der Waals surface area contributed by atoms with E-state index in [1.54, 1.807) is 26.0 Å². The third kappa shape index (κ3) is 7.43. The number of aryl methyl sites for hydroxylation is 1. The van der Waals surface area contributed by atoms with Gasteiger partial charge in [-0.15, -0.1) is 0 Å². The van der Waals surface area contributed by atoms with E-state index in [1.165, 1.54) is 20.3 Å². The maximum absolute atomic E-state index is 13.1. The van der Waals surface area contributed by atoms with E-state index >= 15 is 0 Å². The molecule has 0 atom stereocenters. The fourth-order valence-electron chi connectivity index (χ4n) is 4.71. The third-order valence-electron chi connectivity index (χ3n) is 6.64. The standard InChI is InChI=1S/C31H28O13S.Na/c1-5-39-31(33)29-20-12-26(44-45(34,35)36)24(38-4)14-22(20)43-27(29)16-40-25-11-19-21(13-23(25)37-3)42-17(2)28(19)30(32)41-15-18-9-7-6-8-10-18;/h6-14H,5,15-16H2,1-4H3,(H,34,35,36);/q;+1/p-1. The molecule has 0 fully saturated rings. The molecule has 0 N–H and O–H groups in total. The first kappa shape index (κ1) is 34.7. The molecule has 0 spiro atoms. The van der Waals surface area contributed by atoms with E-state index in [0.29, 0.717) is 16.7 Å². The molecule has 13 nitrogen and oxygen atoms in total. The number of carbonyl (C=O) groups excluding carboxylic acids is 2. The molecular weight excluding hydrogens is 635 g/mol. The van der Waals surface area contributed by atoms with Crippen LogP contribution in [-0.2, 0) is 33.1 Å². The van der Waals surface area contributed by atoms with Crippen molar-refractivity contribution in [1.29, 1.82) is 0 Å². The van der Waals surface area contributed by atoms with Gasteiger partial charge in [-0.05, 0) is 31.5 Å². The van der Waals surface area contributed by atoms with Gasteiger partial charge in [-0.25, -0.2) is 18.0 Å². The predicted octanol–water partition coefficient (Wildman–Crippen LogP) is 2.46. The van der Waals surface area contributed by atoms with Crippen LogP contribution in [0.25, 0.3) is 21.9 Å². The first-order valence-electron chi connectivity index (χ1n) is 13.4. The minimum Gasteiger partial charge on any atom is -0.716 e. The third-order valence-corrected chi connectivity index (χ3v) is 7.03. The van der Waals surface area contributed by atoms with Crippen molar-refractivity contribution in [1.82, 2.24) is 0 Å². The van der Waals surface area contributed by atoms with Crippen LogP contribution in [0, 0.1) is 6.92 Å². The van der Waals surface area contributed by atoms with E-state index in [-0.39, 0.29) is 94.5 Å². The second kappa shape index (κ2) is 14.5. The second-order valence-electron chi connectivity index (χ2n) is 9.49. The molecule has 0 unspecified atom stereocenters. The molecule has 0 amide bonds. The Bertz CT molecular complexity index is 2000. The Kier molecular flexibility index (Phi) is 10.9. The molecule has 3 aromatic carbocycles. The summed E-state index contributed by atoms with van der Waals surface area (Å²) < 4.78 is 77.5. The number of ether oxygens (including phenoxy) is 5. The molecule has 46 heavy (non-hydrogen) atoms. The normalized spacial score (nSPS) is 11.2. The molecule has 0 aliphatic heterocycles. The molecule has 0 bridgehead atoms. The maximum atomic E-state index is 13.1. The minimum atomic E-state index is -5.17. The molecule has 5 rings (SSSR count). The summed E-state index contributed by atoms with van der Waals surface area (Å²) in [6.07, 6.45) is 0. The summed E-state index contributed by atoms with van der Waals surface area (Å²) in [5.41, 5.74) is 1.38. The first-order chi connectivity index (χ1) is 21.5. The van der Waals surface area contributed by atoms with Crippen LogP contribution in [0.15, 0.2) is 63.4 Å². The SMILES string of the molecule is CCOC(=O)c1c(COc2cc3c(C(=O)OCc4ccccc4)c(C)oc3cc2OC)oc2cc(OC)c(OS(=O)(=O)[O-])cc12.[Na+]. The van der Waals surface area contributed by atoms with Crippen molar-refractivity contribution >= 4 is 44.3 Å². The summed E-state index contributed by atoms with van der Waals surface area (Å²) in [6, 6.07) is 14.7. The van der Waals surface area contributed by atoms with Crippen LogP contribution >= 0.6 is 0 Å². The fraction of sp³-hybridized carbons (Fsp3) is 0.226. The number of esters is 2. The van der Waals surface area contributed by atoms with Crippen molar-refractivity contribution in [2.24, 2.45) is 0 Å². The molecule has 0 saturated carbocycles. The van der Waals surface area contributed by atoms with Crippen molar-refractivity contribution in [3.8, 4) is 23.0 Å². The van der Waals surface area contributed by atoms with E-state index in [9.17, 15) is 22.6 Å². The van der Waals surface area contributed by atoms with Gasteiger partial charge in [0.05, 0.1) is 20.8 Å². The predicted molar refractivity (Wildman–Crippen MR) is 156 cm³/mol. The molecule has 0 saturated heterocycles. The summed E-state index contributed by atoms with van der Waals surface area (Å²) in [6.45, 7) is 2.98. The van der Waals surface area contributed by atoms with Gasteiger partial charge in [-0.1, -0.05) is 30.3 Å². The Labute approximate surface area is 285 Å². The number of benzene rings is 3. The number of hydrogen-bond acceptors (Lipinski definition) is 13. The van der Waals surface area contributed by atoms with Crippen molar-refractivity contribution in [2.45, 2.75) is 27.1 Å². The molecule has 236 valence electrons. The number of fused-ring (bicyclic) bond motifs is 2. The van der Waals surface area contributed by atoms with E-state index in [2.05, 4.69) is 4.18 Å². The molecule has 2 heterocycles. The monoisotopic (exact) mass is 662 g/mol. The molecule has 15 heteroatoms. The average Bonchev–Trinajstić information content (AvgIpc) is 3.52. The van der Waals surface area contributed by atoms with Gasteiger partial charge in [-0.3, -0.25) is 0 Å². The minimum absolute atomic E-state index is 0. The first-order valence-corrected chi connectivity index (χ1v) is 14.8. The zero-order valence-electron chi connectivity index (χ0n) is 25.5. The molecule has 2 aromatic heterocycles. The Morgan fingerprint density at radius 2 is 1.37 bits per heavy atom. The van der Waals surface area contributed by atoms with Gasteiger partial charge in [0.25, 0.3) is 10.4 Å². The summed E-state index contributed by atoms with van der Waals surface area (Å²) in [5.74, 6) is -1.21. The number of carbonyl (C=O) groups is 2. The molecule has 5 aromatic rings. The smallest absolute Gasteiger partial charge is 0.716 e. The van der Waals surface area contributed by atoms with Gasteiger partial charge in [0.1, 0.15) is 41.3 Å². The van der Waals surface area contributed by atoms with Gasteiger partial charge in [0.15, 0.2) is 28.8 Å². The van der Waals surface area contributed by atoms with Crippen molar-refractivity contribution in [3.63, 3.8) is 0 Å². The van der Waals surface area contributed by atoms with Crippen LogP contribution in [0.2, 0.25) is 0 Å². The van der Waals surface area contributed by atoms with E-state index in [1.807, 2.05) is 30.3 Å². The largest absolute Gasteiger partial charge is 1.00 e. The molecule has 0 aliphatic carbocycles. The van der Waals surface area contributed by atoms with Gasteiger partial charge in [0, 0.05) is 22.9 Å². The molecular formula is C31H27NaO13S. The zero-order chi connectivity index (χ0) is 32.3. The van der Waals surface area contributed by atoms with Crippen LogP contribution in [0.4, 0.5) is 0 Å². The zero-order valence-corrected chi connectivity index (χ0v) is 28.3. The number of furan rings is 2. The summed E-state index contributed by atoms with van der Waals surface area (Å²) in [7, 11) is -2.52. The van der Waals surface area contributed by atoms with Crippen LogP contribution in [0.5, 0.6) is 23.0 Å². The Hall–Kier alpha value is -4.21. The van der Waals surface area contributed by atoms with Crippen molar-refractivity contribution in [3.05, 3.63) is 82.8 Å². The summed E-state index contributed by atoms with van der Waals surface area (Å²) in [4.78, 5) is 26.1. The molecule has 0 radical (unpaired) electrons. The Morgan fingerprint density at radius 3 is 2.00 bits per heavy atom. The van der Waals surface area contributed by atoms with Gasteiger partial charge >= 0.3 is 41.5 Å². The van der Waals surface area contributed by atoms with E-state index in [0.717, 1.165) is 11.6 Å². The van der Waals surface area contributed by atoms with E-state index in [4.69, 9.17) is 32.5 Å². The van der Waals surface area contributed by atoms with Crippen LogP contribution in [0.1, 0.15) is 44.7 Å². The summed E-state index contributed by atoms with van der Waals surface area (Å²) in [5, 5.41) is 0.491. The number of rotatable bonds is 12. The van der Waals surface area contributed by atoms with Crippen LogP contribution < -0.4 is 48.0 Å². The Morgan fingerprint density at radius 1 is 0.783 bits per heavy atom. The Balaban J connectivity index is 0.00000480. The van der Waals surface area contributed by atoms with Gasteiger partial charge in [0.2, 0.25) is 0 Å². The number of methoxy groups -OCH3 is 2. The number of hydrogen-bond donors (Lipinski definition) is 0. The maximum Gasteiger partial charge on any atom is 1.00 e. The van der Waals surface area contributed by atoms with Crippen LogP contribution in [0.3, 0.4) is 0 Å². The van der Waals surface area contributed by atoms with Crippen molar-refractivity contribution < 1.29 is 88.8 Å². The van der Waals surface area contributed by atoms with Gasteiger partial charge < -0.3 is 41.3 Å². The van der Waals surface area contributed by atoms with Gasteiger partial charge in [-0.2, -0.15) is 0 Å². The topological polar surface area (TPSA) is 173 Å². The quantitative estimate of drug-likeness (QED) is 0.0826. The summed E-state index contributed by atoms with van der Waals surface area (Å²) >= 11 is 0. The van der Waals surface area contributed by atoms with E-state index < -0.39 is 28.1 Å². The fourth-order valence-corrected chi connectivity index (χ4v) is 5.06. The van der Waals surface area contributed by atoms with Crippen LogP contribution in [-0.4, -0.2) is 45.7 Å². The average molecular weight is 663 g/mol.